The standard InChI is InChI=1S/C20H27N3O3S/c1-5-6-12-23-15(3)14(2)22-20(23)27-17(19(25)26-4)13-21-18(24)16-10-8-7-9-11-16/h7-11,17H,5-6,12-13H2,1-4H3,(H,21,24)/t17-/m0/s1. The van der Waals surface area contributed by atoms with Crippen LogP contribution in [0, 0.1) is 13.8 Å². The molecule has 0 aliphatic carbocycles. The number of methoxy groups -OCH3 is 1. The lowest BCUT2D eigenvalue weighted by atomic mass is 10.2. The summed E-state index contributed by atoms with van der Waals surface area (Å²) in [5.74, 6) is -0.597. The second-order valence-corrected chi connectivity index (χ2v) is 7.45. The van der Waals surface area contributed by atoms with Gasteiger partial charge in [-0.25, -0.2) is 4.98 Å². The Morgan fingerprint density at radius 3 is 2.59 bits per heavy atom. The lowest BCUT2D eigenvalue weighted by Crippen LogP contribution is -2.35. The van der Waals surface area contributed by atoms with Crippen LogP contribution < -0.4 is 5.32 Å². The van der Waals surface area contributed by atoms with Crippen molar-refractivity contribution in [3.63, 3.8) is 0 Å². The number of rotatable bonds is 9. The Labute approximate surface area is 164 Å². The van der Waals surface area contributed by atoms with Crippen LogP contribution in [-0.4, -0.2) is 40.3 Å². The third-order valence-corrected chi connectivity index (χ3v) is 5.52. The third kappa shape index (κ3) is 5.60. The molecule has 7 heteroatoms. The molecule has 1 atom stereocenters. The highest BCUT2D eigenvalue weighted by Crippen LogP contribution is 2.26. The van der Waals surface area contributed by atoms with E-state index >= 15 is 0 Å². The monoisotopic (exact) mass is 389 g/mol. The SMILES string of the molecule is CCCCn1c(S[C@@H](CNC(=O)c2ccccc2)C(=O)OC)nc(C)c1C. The number of ether oxygens (including phenoxy) is 1. The van der Waals surface area contributed by atoms with Gasteiger partial charge in [0.1, 0.15) is 5.25 Å². The largest absolute Gasteiger partial charge is 0.468 e. The van der Waals surface area contributed by atoms with Crippen molar-refractivity contribution in [3.05, 3.63) is 47.3 Å². The number of benzene rings is 1. The molecule has 1 aromatic carbocycles. The number of hydrogen-bond acceptors (Lipinski definition) is 5. The number of esters is 1. The Morgan fingerprint density at radius 1 is 1.26 bits per heavy atom. The Morgan fingerprint density at radius 2 is 1.96 bits per heavy atom. The number of amides is 1. The normalized spacial score (nSPS) is 11.9. The van der Waals surface area contributed by atoms with Gasteiger partial charge in [-0.3, -0.25) is 9.59 Å². The summed E-state index contributed by atoms with van der Waals surface area (Å²) < 4.78 is 7.07. The number of nitrogens with one attached hydrogen (secondary N) is 1. The zero-order valence-electron chi connectivity index (χ0n) is 16.3. The van der Waals surface area contributed by atoms with Gasteiger partial charge in [-0.2, -0.15) is 0 Å². The average Bonchev–Trinajstić information content (AvgIpc) is 2.96. The Kier molecular flexibility index (Phi) is 7.91. The number of aromatic nitrogens is 2. The second kappa shape index (κ2) is 10.2. The molecule has 1 aromatic heterocycles. The van der Waals surface area contributed by atoms with E-state index in [1.165, 1.54) is 18.9 Å². The van der Waals surface area contributed by atoms with E-state index < -0.39 is 5.25 Å². The van der Waals surface area contributed by atoms with Crippen molar-refractivity contribution in [2.24, 2.45) is 0 Å². The summed E-state index contributed by atoms with van der Waals surface area (Å²) in [4.78, 5) is 29.1. The van der Waals surface area contributed by atoms with Crippen LogP contribution in [0.15, 0.2) is 35.5 Å². The zero-order chi connectivity index (χ0) is 19.8. The molecule has 0 saturated heterocycles. The molecule has 0 fully saturated rings. The minimum Gasteiger partial charge on any atom is -0.468 e. The molecule has 27 heavy (non-hydrogen) atoms. The van der Waals surface area contributed by atoms with Crippen molar-refractivity contribution >= 4 is 23.6 Å². The van der Waals surface area contributed by atoms with Crippen LogP contribution in [0.1, 0.15) is 41.5 Å². The Balaban J connectivity index is 2.12. The molecule has 0 aliphatic rings. The Hall–Kier alpha value is -2.28. The fraction of sp³-hybridized carbons (Fsp3) is 0.450. The van der Waals surface area contributed by atoms with Crippen LogP contribution in [0.2, 0.25) is 0 Å². The summed E-state index contributed by atoms with van der Waals surface area (Å²) in [6.07, 6.45) is 2.12. The van der Waals surface area contributed by atoms with Crippen LogP contribution in [0.25, 0.3) is 0 Å². The molecular formula is C20H27N3O3S. The van der Waals surface area contributed by atoms with Crippen LogP contribution >= 0.6 is 11.8 Å². The van der Waals surface area contributed by atoms with Gasteiger partial charge in [0.2, 0.25) is 0 Å². The molecule has 6 nitrogen and oxygen atoms in total. The van der Waals surface area contributed by atoms with Gasteiger partial charge < -0.3 is 14.6 Å². The van der Waals surface area contributed by atoms with Crippen LogP contribution in [0.3, 0.4) is 0 Å². The lowest BCUT2D eigenvalue weighted by molar-refractivity contribution is -0.139. The average molecular weight is 390 g/mol. The first-order valence-electron chi connectivity index (χ1n) is 9.09. The van der Waals surface area contributed by atoms with E-state index in [1.807, 2.05) is 19.9 Å². The summed E-state index contributed by atoms with van der Waals surface area (Å²) in [6, 6.07) is 8.93. The van der Waals surface area contributed by atoms with E-state index in [1.54, 1.807) is 24.3 Å². The van der Waals surface area contributed by atoms with Crippen LogP contribution in [0.5, 0.6) is 0 Å². The molecule has 0 bridgehead atoms. The van der Waals surface area contributed by atoms with E-state index in [0.29, 0.717) is 5.56 Å². The summed E-state index contributed by atoms with van der Waals surface area (Å²) in [7, 11) is 1.36. The number of carbonyl (C=O) groups is 2. The molecule has 1 amide bonds. The predicted molar refractivity (Wildman–Crippen MR) is 107 cm³/mol. The van der Waals surface area contributed by atoms with E-state index in [9.17, 15) is 9.59 Å². The fourth-order valence-corrected chi connectivity index (χ4v) is 3.76. The Bertz CT molecular complexity index is 774. The molecule has 0 radical (unpaired) electrons. The predicted octanol–water partition coefficient (Wildman–Crippen LogP) is 3.36. The van der Waals surface area contributed by atoms with Gasteiger partial charge >= 0.3 is 5.97 Å². The molecule has 1 N–H and O–H groups in total. The highest BCUT2D eigenvalue weighted by Gasteiger charge is 2.25. The first-order chi connectivity index (χ1) is 13.0. The number of nitrogens with zero attached hydrogens (tertiary/aromatic N) is 2. The van der Waals surface area contributed by atoms with Gasteiger partial charge in [-0.05, 0) is 32.4 Å². The van der Waals surface area contributed by atoms with Crippen molar-refractivity contribution in [1.82, 2.24) is 14.9 Å². The maximum Gasteiger partial charge on any atom is 0.321 e. The second-order valence-electron chi connectivity index (χ2n) is 6.28. The third-order valence-electron chi connectivity index (χ3n) is 4.35. The van der Waals surface area contributed by atoms with E-state index in [-0.39, 0.29) is 18.4 Å². The number of hydrogen-bond donors (Lipinski definition) is 1. The van der Waals surface area contributed by atoms with Crippen molar-refractivity contribution in [2.75, 3.05) is 13.7 Å². The minimum atomic E-state index is -0.566. The van der Waals surface area contributed by atoms with E-state index in [0.717, 1.165) is 35.9 Å². The first-order valence-corrected chi connectivity index (χ1v) is 9.97. The van der Waals surface area contributed by atoms with Crippen LogP contribution in [-0.2, 0) is 16.1 Å². The van der Waals surface area contributed by atoms with Crippen molar-refractivity contribution in [2.45, 2.75) is 50.6 Å². The molecule has 0 spiro atoms. The van der Waals surface area contributed by atoms with Crippen molar-refractivity contribution in [3.8, 4) is 0 Å². The van der Waals surface area contributed by atoms with Gasteiger partial charge in [-0.15, -0.1) is 0 Å². The summed E-state index contributed by atoms with van der Waals surface area (Å²) in [5, 5.41) is 3.04. The van der Waals surface area contributed by atoms with Gasteiger partial charge in [-0.1, -0.05) is 43.3 Å². The number of carbonyl (C=O) groups excluding carboxylic acids is 2. The maximum atomic E-state index is 12.3. The van der Waals surface area contributed by atoms with E-state index in [2.05, 4.69) is 21.8 Å². The van der Waals surface area contributed by atoms with E-state index in [4.69, 9.17) is 4.74 Å². The lowest BCUT2D eigenvalue weighted by Gasteiger charge is -2.16. The molecule has 0 saturated carbocycles. The quantitative estimate of drug-likeness (QED) is 0.526. The summed E-state index contributed by atoms with van der Waals surface area (Å²) >= 11 is 1.33. The molecule has 1 heterocycles. The highest BCUT2D eigenvalue weighted by molar-refractivity contribution is 8.00. The van der Waals surface area contributed by atoms with Gasteiger partial charge in [0.15, 0.2) is 5.16 Å². The van der Waals surface area contributed by atoms with Gasteiger partial charge in [0, 0.05) is 24.3 Å². The molecular weight excluding hydrogens is 362 g/mol. The zero-order valence-corrected chi connectivity index (χ0v) is 17.1. The number of aryl methyl sites for hydroxylation is 1. The molecule has 146 valence electrons. The number of thioether (sulfide) groups is 1. The fourth-order valence-electron chi connectivity index (χ4n) is 2.60. The highest BCUT2D eigenvalue weighted by atomic mass is 32.2. The van der Waals surface area contributed by atoms with Crippen molar-refractivity contribution < 1.29 is 14.3 Å². The first kappa shape index (κ1) is 21.0. The smallest absolute Gasteiger partial charge is 0.321 e. The summed E-state index contributed by atoms with van der Waals surface area (Å²) in [6.45, 7) is 7.17. The summed E-state index contributed by atoms with van der Waals surface area (Å²) in [5.41, 5.74) is 2.61. The molecule has 0 unspecified atom stereocenters. The molecule has 2 aromatic rings. The molecule has 2 rings (SSSR count). The number of imidazole rings is 1. The van der Waals surface area contributed by atoms with Crippen molar-refractivity contribution in [1.29, 1.82) is 0 Å². The maximum absolute atomic E-state index is 12.3. The minimum absolute atomic E-state index is 0.170. The topological polar surface area (TPSA) is 73.2 Å². The van der Waals surface area contributed by atoms with Gasteiger partial charge in [0.25, 0.3) is 5.91 Å². The molecule has 0 aliphatic heterocycles. The van der Waals surface area contributed by atoms with Gasteiger partial charge in [0.05, 0.1) is 12.8 Å². The van der Waals surface area contributed by atoms with Crippen LogP contribution in [0.4, 0.5) is 0 Å². The number of unbranched alkanes of at least 4 members (excludes halogenated alkanes) is 1.